The molecule has 0 radical (unpaired) electrons. The van der Waals surface area contributed by atoms with E-state index in [0.717, 1.165) is 22.0 Å². The summed E-state index contributed by atoms with van der Waals surface area (Å²) in [6.07, 6.45) is 2.48. The van der Waals surface area contributed by atoms with Gasteiger partial charge < -0.3 is 15.2 Å². The molecule has 1 fully saturated rings. The minimum Gasteiger partial charge on any atom is -0.361 e. The van der Waals surface area contributed by atoms with E-state index in [1.807, 2.05) is 6.20 Å². The summed E-state index contributed by atoms with van der Waals surface area (Å²) in [7, 11) is 0. The second-order valence-electron chi connectivity index (χ2n) is 6.71. The third kappa shape index (κ3) is 4.44. The van der Waals surface area contributed by atoms with Crippen molar-refractivity contribution in [2.24, 2.45) is 0 Å². The van der Waals surface area contributed by atoms with E-state index < -0.39 is 5.91 Å². The lowest BCUT2D eigenvalue weighted by Crippen LogP contribution is -2.47. The molecule has 2 N–H and O–H groups in total. The van der Waals surface area contributed by atoms with E-state index in [4.69, 9.17) is 5.26 Å². The molecule has 0 bridgehead atoms. The van der Waals surface area contributed by atoms with Crippen LogP contribution in [-0.2, 0) is 22.6 Å². The predicted octanol–water partition coefficient (Wildman–Crippen LogP) is 1.15. The van der Waals surface area contributed by atoms with Gasteiger partial charge in [0.1, 0.15) is 5.82 Å². The molecule has 1 aromatic carbocycles. The Labute approximate surface area is 156 Å². The van der Waals surface area contributed by atoms with E-state index in [2.05, 4.69) is 15.2 Å². The van der Waals surface area contributed by atoms with Crippen LogP contribution in [-0.4, -0.2) is 59.3 Å². The highest BCUT2D eigenvalue weighted by atomic mass is 19.1. The molecule has 0 saturated carbocycles. The van der Waals surface area contributed by atoms with Crippen LogP contribution in [0.4, 0.5) is 4.39 Å². The Balaban J connectivity index is 1.72. The quantitative estimate of drug-likeness (QED) is 0.772. The Bertz CT molecular complexity index is 893. The van der Waals surface area contributed by atoms with Crippen LogP contribution >= 0.6 is 0 Å². The number of aromatic amines is 1. The number of hydrogen-bond acceptors (Lipinski definition) is 4. The molecule has 0 unspecified atom stereocenters. The SMILES string of the molecule is CC(=O)NCCc1c[nH]c2c(CN3CCN(C(=O)C#N)CC3)cc(F)cc12. The maximum Gasteiger partial charge on any atom is 0.325 e. The van der Waals surface area contributed by atoms with Crippen molar-refractivity contribution in [3.63, 3.8) is 0 Å². The van der Waals surface area contributed by atoms with E-state index >= 15 is 0 Å². The summed E-state index contributed by atoms with van der Waals surface area (Å²) in [4.78, 5) is 29.4. The van der Waals surface area contributed by atoms with Crippen molar-refractivity contribution in [1.29, 1.82) is 5.26 Å². The first kappa shape index (κ1) is 18.9. The van der Waals surface area contributed by atoms with Gasteiger partial charge in [-0.25, -0.2) is 4.39 Å². The number of rotatable bonds is 5. The van der Waals surface area contributed by atoms with Crippen LogP contribution in [0.15, 0.2) is 18.3 Å². The molecule has 2 amide bonds. The van der Waals surface area contributed by atoms with E-state index in [1.54, 1.807) is 6.07 Å². The summed E-state index contributed by atoms with van der Waals surface area (Å²) in [5.74, 6) is -0.886. The lowest BCUT2D eigenvalue weighted by molar-refractivity contribution is -0.127. The van der Waals surface area contributed by atoms with Gasteiger partial charge in [-0.05, 0) is 29.7 Å². The highest BCUT2D eigenvalue weighted by molar-refractivity contribution is 5.91. The highest BCUT2D eigenvalue weighted by Gasteiger charge is 2.22. The summed E-state index contributed by atoms with van der Waals surface area (Å²) in [6, 6.07) is 4.69. The number of nitrogens with zero attached hydrogens (tertiary/aromatic N) is 3. The number of nitrogens with one attached hydrogen (secondary N) is 2. The highest BCUT2D eigenvalue weighted by Crippen LogP contribution is 2.25. The number of benzene rings is 1. The van der Waals surface area contributed by atoms with Gasteiger partial charge in [0.15, 0.2) is 6.07 Å². The number of hydrogen-bond donors (Lipinski definition) is 2. The number of halogens is 1. The summed E-state index contributed by atoms with van der Waals surface area (Å²) >= 11 is 0. The van der Waals surface area contributed by atoms with Gasteiger partial charge in [0.2, 0.25) is 5.91 Å². The Kier molecular flexibility index (Phi) is 5.72. The molecule has 1 aliphatic rings. The average molecular weight is 371 g/mol. The minimum absolute atomic E-state index is 0.0873. The Morgan fingerprint density at radius 1 is 1.26 bits per heavy atom. The first-order valence-electron chi connectivity index (χ1n) is 8.92. The standard InChI is InChI=1S/C19H22FN5O2/c1-13(26)22-3-2-14-11-23-19-15(8-16(20)9-17(14)19)12-24-4-6-25(7-5-24)18(27)10-21/h8-9,11,23H,2-7,12H2,1H3,(H,22,26). The monoisotopic (exact) mass is 371 g/mol. The van der Waals surface area contributed by atoms with Crippen LogP contribution in [0.1, 0.15) is 18.1 Å². The largest absolute Gasteiger partial charge is 0.361 e. The maximum atomic E-state index is 14.2. The van der Waals surface area contributed by atoms with Crippen molar-refractivity contribution >= 4 is 22.7 Å². The second kappa shape index (κ2) is 8.18. The van der Waals surface area contributed by atoms with Crippen LogP contribution in [0.5, 0.6) is 0 Å². The molecule has 8 heteroatoms. The van der Waals surface area contributed by atoms with Crippen LogP contribution in [0.2, 0.25) is 0 Å². The number of carbonyl (C=O) groups is 2. The second-order valence-corrected chi connectivity index (χ2v) is 6.71. The van der Waals surface area contributed by atoms with E-state index in [9.17, 15) is 14.0 Å². The molecule has 142 valence electrons. The van der Waals surface area contributed by atoms with E-state index in [1.165, 1.54) is 24.0 Å². The zero-order valence-electron chi connectivity index (χ0n) is 15.2. The first-order valence-corrected chi connectivity index (χ1v) is 8.92. The summed E-state index contributed by atoms with van der Waals surface area (Å²) < 4.78 is 14.2. The molecule has 27 heavy (non-hydrogen) atoms. The summed E-state index contributed by atoms with van der Waals surface area (Å²) in [5, 5.41) is 12.3. The molecule has 0 atom stereocenters. The topological polar surface area (TPSA) is 92.2 Å². The number of nitriles is 1. The van der Waals surface area contributed by atoms with E-state index in [-0.39, 0.29) is 11.7 Å². The smallest absolute Gasteiger partial charge is 0.325 e. The van der Waals surface area contributed by atoms with Gasteiger partial charge in [-0.3, -0.25) is 14.5 Å². The Hall–Kier alpha value is -2.92. The molecule has 0 aliphatic carbocycles. The van der Waals surface area contributed by atoms with Gasteiger partial charge in [0.05, 0.1) is 5.52 Å². The van der Waals surface area contributed by atoms with Crippen molar-refractivity contribution in [1.82, 2.24) is 20.1 Å². The van der Waals surface area contributed by atoms with Crippen molar-refractivity contribution in [3.8, 4) is 6.07 Å². The minimum atomic E-state index is -0.504. The molecule has 1 aromatic heterocycles. The number of amides is 2. The predicted molar refractivity (Wildman–Crippen MR) is 98.1 cm³/mol. The van der Waals surface area contributed by atoms with Crippen LogP contribution in [0, 0.1) is 17.1 Å². The average Bonchev–Trinajstić information content (AvgIpc) is 3.04. The summed E-state index contributed by atoms with van der Waals surface area (Å²) in [5.41, 5.74) is 2.71. The Morgan fingerprint density at radius 3 is 2.67 bits per heavy atom. The Morgan fingerprint density at radius 2 is 2.00 bits per heavy atom. The fourth-order valence-electron chi connectivity index (χ4n) is 3.45. The molecule has 1 saturated heterocycles. The first-order chi connectivity index (χ1) is 13.0. The van der Waals surface area contributed by atoms with Gasteiger partial charge in [0, 0.05) is 57.8 Å². The third-order valence-corrected chi connectivity index (χ3v) is 4.84. The molecular weight excluding hydrogens is 349 g/mol. The third-order valence-electron chi connectivity index (χ3n) is 4.84. The van der Waals surface area contributed by atoms with Crippen molar-refractivity contribution in [2.75, 3.05) is 32.7 Å². The zero-order valence-corrected chi connectivity index (χ0v) is 15.2. The summed E-state index contributed by atoms with van der Waals surface area (Å²) in [6.45, 7) is 4.81. The lowest BCUT2D eigenvalue weighted by atomic mass is 10.1. The fourth-order valence-corrected chi connectivity index (χ4v) is 3.45. The number of fused-ring (bicyclic) bond motifs is 1. The van der Waals surface area contributed by atoms with Gasteiger partial charge in [-0.1, -0.05) is 0 Å². The molecule has 2 heterocycles. The number of carbonyl (C=O) groups excluding carboxylic acids is 2. The lowest BCUT2D eigenvalue weighted by Gasteiger charge is -2.33. The van der Waals surface area contributed by atoms with Gasteiger partial charge in [-0.2, -0.15) is 5.26 Å². The maximum absolute atomic E-state index is 14.2. The number of H-pyrrole nitrogens is 1. The molecule has 2 aromatic rings. The molecule has 1 aliphatic heterocycles. The van der Waals surface area contributed by atoms with Crippen molar-refractivity contribution < 1.29 is 14.0 Å². The van der Waals surface area contributed by atoms with Crippen molar-refractivity contribution in [2.45, 2.75) is 19.9 Å². The fraction of sp³-hybridized carbons (Fsp3) is 0.421. The number of piperazine rings is 1. The van der Waals surface area contributed by atoms with Crippen LogP contribution in [0.3, 0.4) is 0 Å². The van der Waals surface area contributed by atoms with E-state index in [0.29, 0.717) is 45.7 Å². The van der Waals surface area contributed by atoms with Crippen LogP contribution < -0.4 is 5.32 Å². The molecular formula is C19H22FN5O2. The van der Waals surface area contributed by atoms with Gasteiger partial charge >= 0.3 is 5.91 Å². The number of aromatic nitrogens is 1. The van der Waals surface area contributed by atoms with Crippen LogP contribution in [0.25, 0.3) is 10.9 Å². The normalized spacial score (nSPS) is 14.9. The molecule has 7 nitrogen and oxygen atoms in total. The van der Waals surface area contributed by atoms with Crippen molar-refractivity contribution in [3.05, 3.63) is 35.3 Å². The molecule has 3 rings (SSSR count). The van der Waals surface area contributed by atoms with Gasteiger partial charge in [0.25, 0.3) is 0 Å². The van der Waals surface area contributed by atoms with Gasteiger partial charge in [-0.15, -0.1) is 0 Å². The molecule has 0 spiro atoms. The zero-order chi connectivity index (χ0) is 19.4.